The van der Waals surface area contributed by atoms with Crippen LogP contribution < -0.4 is 0 Å². The molecule has 0 amide bonds. The molecule has 5 atom stereocenters. The summed E-state index contributed by atoms with van der Waals surface area (Å²) in [6.07, 6.45) is -3.24. The monoisotopic (exact) mass is 556 g/mol. The zero-order valence-corrected chi connectivity index (χ0v) is 22.6. The highest BCUT2D eigenvalue weighted by Crippen LogP contribution is 2.58. The lowest BCUT2D eigenvalue weighted by Crippen LogP contribution is -2.52. The van der Waals surface area contributed by atoms with Gasteiger partial charge in [0.2, 0.25) is 5.79 Å². The number of epoxide rings is 1. The van der Waals surface area contributed by atoms with E-state index < -0.39 is 46.1 Å². The van der Waals surface area contributed by atoms with Gasteiger partial charge >= 0.3 is 0 Å². The van der Waals surface area contributed by atoms with Crippen LogP contribution in [0.15, 0.2) is 120 Å². The van der Waals surface area contributed by atoms with Crippen LogP contribution in [0.25, 0.3) is 0 Å². The van der Waals surface area contributed by atoms with Gasteiger partial charge in [-0.1, -0.05) is 109 Å². The van der Waals surface area contributed by atoms with Crippen LogP contribution in [0.2, 0.25) is 0 Å². The summed E-state index contributed by atoms with van der Waals surface area (Å²) in [7, 11) is -4.13. The summed E-state index contributed by atoms with van der Waals surface area (Å²) < 4.78 is 57.9. The molecule has 3 heterocycles. The Morgan fingerprint density at radius 2 is 1.30 bits per heavy atom. The summed E-state index contributed by atoms with van der Waals surface area (Å²) in [6, 6.07) is 36.3. The van der Waals surface area contributed by atoms with Crippen molar-refractivity contribution >= 4 is 10.1 Å². The SMILES string of the molecule is Cc1ccc(S(=O)(=O)OC2C3OCC(O3)C3(OC(c4ccccc4)(c4ccccc4)c4ccccc4)OC23)cc1. The second kappa shape index (κ2) is 9.62. The van der Waals surface area contributed by atoms with Crippen molar-refractivity contribution in [3.63, 3.8) is 0 Å². The maximum atomic E-state index is 13.3. The van der Waals surface area contributed by atoms with Gasteiger partial charge in [0.1, 0.15) is 11.7 Å². The molecule has 5 unspecified atom stereocenters. The Bertz CT molecular complexity index is 1500. The molecule has 4 aromatic carbocycles. The minimum Gasteiger partial charge on any atom is -0.347 e. The molecule has 3 aliphatic rings. The highest BCUT2D eigenvalue weighted by atomic mass is 32.2. The van der Waals surface area contributed by atoms with Crippen LogP contribution in [0.4, 0.5) is 0 Å². The van der Waals surface area contributed by atoms with Gasteiger partial charge < -0.3 is 18.9 Å². The van der Waals surface area contributed by atoms with Gasteiger partial charge in [-0.2, -0.15) is 8.42 Å². The second-order valence-corrected chi connectivity index (χ2v) is 11.9. The lowest BCUT2D eigenvalue weighted by molar-refractivity contribution is -0.209. The van der Waals surface area contributed by atoms with E-state index >= 15 is 0 Å². The Morgan fingerprint density at radius 1 is 0.775 bits per heavy atom. The fourth-order valence-corrected chi connectivity index (χ4v) is 6.82. The number of hydrogen-bond donors (Lipinski definition) is 0. The quantitative estimate of drug-likeness (QED) is 0.173. The number of fused-ring (bicyclic) bond motifs is 4. The highest BCUT2D eigenvalue weighted by molar-refractivity contribution is 7.86. The summed E-state index contributed by atoms with van der Waals surface area (Å²) >= 11 is 0. The molecule has 0 spiro atoms. The third-order valence-electron chi connectivity index (χ3n) is 7.78. The van der Waals surface area contributed by atoms with Crippen LogP contribution in [0.3, 0.4) is 0 Å². The van der Waals surface area contributed by atoms with Crippen molar-refractivity contribution in [3.8, 4) is 0 Å². The molecule has 0 radical (unpaired) electrons. The summed E-state index contributed by atoms with van der Waals surface area (Å²) in [5.41, 5.74) is 2.52. The molecule has 8 heteroatoms. The van der Waals surface area contributed by atoms with Gasteiger partial charge in [-0.3, -0.25) is 4.18 Å². The zero-order chi connectivity index (χ0) is 27.4. The van der Waals surface area contributed by atoms with Crippen molar-refractivity contribution in [2.24, 2.45) is 0 Å². The van der Waals surface area contributed by atoms with Crippen LogP contribution in [-0.2, 0) is 38.8 Å². The molecule has 3 fully saturated rings. The first-order chi connectivity index (χ1) is 19.4. The second-order valence-electron chi connectivity index (χ2n) is 10.3. The number of ether oxygens (including phenoxy) is 4. The summed E-state index contributed by atoms with van der Waals surface area (Å²) in [4.78, 5) is 0.0533. The topological polar surface area (TPSA) is 83.6 Å². The first-order valence-electron chi connectivity index (χ1n) is 13.2. The van der Waals surface area contributed by atoms with Crippen molar-refractivity contribution in [1.82, 2.24) is 0 Å². The minimum atomic E-state index is -4.13. The first kappa shape index (κ1) is 25.6. The smallest absolute Gasteiger partial charge is 0.297 e. The standard InChI is InChI=1S/C32H28O7S/c1-22-17-19-26(20-18-22)40(33,34)38-28-29-32(37-29,27-21-35-30(28)36-27)39-31(23-11-5-2-6-12-23,24-13-7-3-8-14-24)25-15-9-4-10-16-25/h2-20,27-30H,21H2,1H3. The van der Waals surface area contributed by atoms with Crippen molar-refractivity contribution < 1.29 is 31.5 Å². The van der Waals surface area contributed by atoms with E-state index in [0.717, 1.165) is 22.3 Å². The molecular weight excluding hydrogens is 528 g/mol. The average Bonchev–Trinajstić information content (AvgIpc) is 3.55. The van der Waals surface area contributed by atoms with Crippen LogP contribution in [-0.4, -0.2) is 45.4 Å². The Morgan fingerprint density at radius 3 is 1.82 bits per heavy atom. The largest absolute Gasteiger partial charge is 0.347 e. The highest BCUT2D eigenvalue weighted by Gasteiger charge is 2.77. The van der Waals surface area contributed by atoms with Gasteiger partial charge in [0, 0.05) is 0 Å². The molecule has 4 aromatic rings. The van der Waals surface area contributed by atoms with E-state index in [-0.39, 0.29) is 11.5 Å². The fraction of sp³-hybridized carbons (Fsp3) is 0.250. The third-order valence-corrected chi connectivity index (χ3v) is 9.10. The lowest BCUT2D eigenvalue weighted by atomic mass is 9.79. The van der Waals surface area contributed by atoms with Gasteiger partial charge in [0.25, 0.3) is 10.1 Å². The van der Waals surface area contributed by atoms with Gasteiger partial charge in [-0.25, -0.2) is 0 Å². The molecule has 3 aliphatic heterocycles. The van der Waals surface area contributed by atoms with Crippen LogP contribution >= 0.6 is 0 Å². The molecule has 0 aliphatic carbocycles. The predicted molar refractivity (Wildman–Crippen MR) is 146 cm³/mol. The molecule has 204 valence electrons. The molecule has 7 nitrogen and oxygen atoms in total. The maximum Gasteiger partial charge on any atom is 0.297 e. The molecule has 2 bridgehead atoms. The van der Waals surface area contributed by atoms with E-state index in [0.29, 0.717) is 0 Å². The van der Waals surface area contributed by atoms with Gasteiger partial charge in [-0.05, 0) is 35.7 Å². The van der Waals surface area contributed by atoms with E-state index in [1.165, 1.54) is 12.1 Å². The third kappa shape index (κ3) is 4.11. The Balaban J connectivity index is 1.31. The average molecular weight is 557 g/mol. The fourth-order valence-electron chi connectivity index (χ4n) is 5.75. The zero-order valence-electron chi connectivity index (χ0n) is 21.8. The molecule has 40 heavy (non-hydrogen) atoms. The van der Waals surface area contributed by atoms with Crippen LogP contribution in [0, 0.1) is 6.92 Å². The summed E-state index contributed by atoms with van der Waals surface area (Å²) in [5, 5.41) is 0. The molecule has 0 N–H and O–H groups in total. The van der Waals surface area contributed by atoms with Gasteiger partial charge in [0.15, 0.2) is 18.5 Å². The molecule has 3 saturated heterocycles. The molecule has 0 saturated carbocycles. The Hall–Kier alpha value is -3.37. The number of rotatable bonds is 8. The van der Waals surface area contributed by atoms with Crippen molar-refractivity contribution in [1.29, 1.82) is 0 Å². The van der Waals surface area contributed by atoms with E-state index in [4.69, 9.17) is 23.1 Å². The Labute approximate surface area is 233 Å². The molecular formula is C32H28O7S. The summed E-state index contributed by atoms with van der Waals surface area (Å²) in [6.45, 7) is 2.07. The number of hydrogen-bond acceptors (Lipinski definition) is 7. The van der Waals surface area contributed by atoms with E-state index in [2.05, 4.69) is 0 Å². The lowest BCUT2D eigenvalue weighted by Gasteiger charge is -2.40. The number of aryl methyl sites for hydroxylation is 1. The minimum absolute atomic E-state index is 0.0533. The van der Waals surface area contributed by atoms with Gasteiger partial charge in [-0.15, -0.1) is 0 Å². The van der Waals surface area contributed by atoms with Crippen LogP contribution in [0.5, 0.6) is 0 Å². The van der Waals surface area contributed by atoms with E-state index in [1.54, 1.807) is 12.1 Å². The van der Waals surface area contributed by atoms with Gasteiger partial charge in [0.05, 0.1) is 11.5 Å². The van der Waals surface area contributed by atoms with Crippen LogP contribution in [0.1, 0.15) is 22.3 Å². The number of benzene rings is 4. The van der Waals surface area contributed by atoms with E-state index in [9.17, 15) is 8.42 Å². The molecule has 0 aromatic heterocycles. The van der Waals surface area contributed by atoms with E-state index in [1.807, 2.05) is 97.9 Å². The summed E-state index contributed by atoms with van der Waals surface area (Å²) in [5.74, 6) is -1.30. The normalized spacial score (nSPS) is 27.2. The Kier molecular flexibility index (Phi) is 6.16. The van der Waals surface area contributed by atoms with Crippen molar-refractivity contribution in [2.75, 3.05) is 6.61 Å². The maximum absolute atomic E-state index is 13.3. The van der Waals surface area contributed by atoms with Crippen molar-refractivity contribution in [3.05, 3.63) is 138 Å². The van der Waals surface area contributed by atoms with Crippen molar-refractivity contribution in [2.45, 2.75) is 47.8 Å². The molecule has 7 rings (SSSR count). The predicted octanol–water partition coefficient (Wildman–Crippen LogP) is 4.93. The first-order valence-corrected chi connectivity index (χ1v) is 14.6.